The lowest BCUT2D eigenvalue weighted by Gasteiger charge is -2.05. The minimum Gasteiger partial charge on any atom is -0.466 e. The van der Waals surface area contributed by atoms with Crippen LogP contribution in [0.2, 0.25) is 0 Å². The Bertz CT molecular complexity index is 891. The SMILES string of the molecule is CCOC(=O)Cc1ccc(-c2cc(=O)c3ccccc3o2)cc1. The predicted octanol–water partition coefficient (Wildman–Crippen LogP) is 3.57. The standard InChI is InChI=1S/C19H16O4/c1-2-22-19(21)11-13-7-9-14(10-8-13)18-12-16(20)15-5-3-4-6-17(15)23-18/h3-10,12H,2,11H2,1H3. The molecule has 0 saturated carbocycles. The van der Waals surface area contributed by atoms with Gasteiger partial charge >= 0.3 is 5.97 Å². The molecule has 0 bridgehead atoms. The Balaban J connectivity index is 1.90. The smallest absolute Gasteiger partial charge is 0.310 e. The van der Waals surface area contributed by atoms with Crippen LogP contribution in [0.15, 0.2) is 63.8 Å². The normalized spacial score (nSPS) is 10.7. The third-order valence-corrected chi connectivity index (χ3v) is 3.53. The Kier molecular flexibility index (Phi) is 4.24. The summed E-state index contributed by atoms with van der Waals surface area (Å²) in [5.74, 6) is 0.258. The number of fused-ring (bicyclic) bond motifs is 1. The fraction of sp³-hybridized carbons (Fsp3) is 0.158. The van der Waals surface area contributed by atoms with Crippen LogP contribution in [-0.2, 0) is 16.0 Å². The number of hydrogen-bond donors (Lipinski definition) is 0. The van der Waals surface area contributed by atoms with Crippen LogP contribution in [0.5, 0.6) is 0 Å². The molecule has 3 aromatic rings. The van der Waals surface area contributed by atoms with E-state index in [1.807, 2.05) is 36.4 Å². The number of carbonyl (C=O) groups excluding carboxylic acids is 1. The molecule has 23 heavy (non-hydrogen) atoms. The first-order chi connectivity index (χ1) is 11.2. The molecule has 4 nitrogen and oxygen atoms in total. The van der Waals surface area contributed by atoms with Crippen LogP contribution >= 0.6 is 0 Å². The van der Waals surface area contributed by atoms with Crippen molar-refractivity contribution in [2.75, 3.05) is 6.61 Å². The molecule has 0 amide bonds. The average molecular weight is 308 g/mol. The average Bonchev–Trinajstić information content (AvgIpc) is 2.56. The number of esters is 1. The topological polar surface area (TPSA) is 56.5 Å². The Labute approximate surface area is 133 Å². The molecule has 4 heteroatoms. The van der Waals surface area contributed by atoms with E-state index >= 15 is 0 Å². The minimum absolute atomic E-state index is 0.0718. The summed E-state index contributed by atoms with van der Waals surface area (Å²) < 4.78 is 10.7. The highest BCUT2D eigenvalue weighted by molar-refractivity contribution is 5.78. The molecule has 116 valence electrons. The van der Waals surface area contributed by atoms with Gasteiger partial charge in [-0.1, -0.05) is 36.4 Å². The van der Waals surface area contributed by atoms with E-state index in [-0.39, 0.29) is 17.8 Å². The summed E-state index contributed by atoms with van der Waals surface area (Å²) in [6.07, 6.45) is 0.232. The Morgan fingerprint density at radius 1 is 1.09 bits per heavy atom. The van der Waals surface area contributed by atoms with Gasteiger partial charge in [-0.15, -0.1) is 0 Å². The number of carbonyl (C=O) groups is 1. The molecular weight excluding hydrogens is 292 g/mol. The molecule has 2 aromatic carbocycles. The summed E-state index contributed by atoms with van der Waals surface area (Å²) in [5, 5.41) is 0.565. The first-order valence-corrected chi connectivity index (χ1v) is 7.45. The quantitative estimate of drug-likeness (QED) is 0.691. The molecular formula is C19H16O4. The van der Waals surface area contributed by atoms with Gasteiger partial charge in [-0.2, -0.15) is 0 Å². The molecule has 0 radical (unpaired) electrons. The van der Waals surface area contributed by atoms with E-state index < -0.39 is 0 Å². The summed E-state index contributed by atoms with van der Waals surface area (Å²) >= 11 is 0. The van der Waals surface area contributed by atoms with E-state index in [2.05, 4.69) is 0 Å². The summed E-state index contributed by atoms with van der Waals surface area (Å²) in [7, 11) is 0. The van der Waals surface area contributed by atoms with Gasteiger partial charge in [0.2, 0.25) is 0 Å². The van der Waals surface area contributed by atoms with Crippen molar-refractivity contribution < 1.29 is 13.9 Å². The monoisotopic (exact) mass is 308 g/mol. The van der Waals surface area contributed by atoms with Gasteiger partial charge in [-0.25, -0.2) is 0 Å². The molecule has 0 aliphatic carbocycles. The second-order valence-corrected chi connectivity index (χ2v) is 5.15. The summed E-state index contributed by atoms with van der Waals surface area (Å²) in [6, 6.07) is 16.0. The number of ether oxygens (including phenoxy) is 1. The number of rotatable bonds is 4. The molecule has 1 aromatic heterocycles. The lowest BCUT2D eigenvalue weighted by molar-refractivity contribution is -0.142. The lowest BCUT2D eigenvalue weighted by atomic mass is 10.1. The Hall–Kier alpha value is -2.88. The van der Waals surface area contributed by atoms with E-state index in [9.17, 15) is 9.59 Å². The van der Waals surface area contributed by atoms with Gasteiger partial charge in [0.05, 0.1) is 18.4 Å². The molecule has 0 atom stereocenters. The van der Waals surface area contributed by atoms with Crippen molar-refractivity contribution in [3.8, 4) is 11.3 Å². The van der Waals surface area contributed by atoms with Gasteiger partial charge in [0.25, 0.3) is 0 Å². The zero-order valence-corrected chi connectivity index (χ0v) is 12.7. The van der Waals surface area contributed by atoms with Crippen molar-refractivity contribution in [3.63, 3.8) is 0 Å². The summed E-state index contributed by atoms with van der Waals surface area (Å²) in [4.78, 5) is 23.6. The molecule has 1 heterocycles. The van der Waals surface area contributed by atoms with Crippen LogP contribution < -0.4 is 5.43 Å². The molecule has 0 unspecified atom stereocenters. The third kappa shape index (κ3) is 3.31. The van der Waals surface area contributed by atoms with E-state index in [1.54, 1.807) is 19.1 Å². The van der Waals surface area contributed by atoms with Crippen molar-refractivity contribution in [1.29, 1.82) is 0 Å². The molecule has 0 fully saturated rings. The maximum atomic E-state index is 12.1. The number of para-hydroxylation sites is 1. The molecule has 0 saturated heterocycles. The second kappa shape index (κ2) is 6.48. The highest BCUT2D eigenvalue weighted by atomic mass is 16.5. The fourth-order valence-corrected chi connectivity index (χ4v) is 2.41. The molecule has 3 rings (SSSR count). The van der Waals surface area contributed by atoms with Crippen LogP contribution in [0, 0.1) is 0 Å². The van der Waals surface area contributed by atoms with Gasteiger partial charge in [0.15, 0.2) is 5.43 Å². The molecule has 0 spiro atoms. The lowest BCUT2D eigenvalue weighted by Crippen LogP contribution is -2.07. The van der Waals surface area contributed by atoms with Crippen LogP contribution in [0.25, 0.3) is 22.3 Å². The van der Waals surface area contributed by atoms with Gasteiger partial charge in [-0.05, 0) is 24.6 Å². The van der Waals surface area contributed by atoms with Crippen LogP contribution in [-0.4, -0.2) is 12.6 Å². The van der Waals surface area contributed by atoms with Gasteiger partial charge in [-0.3, -0.25) is 9.59 Å². The first-order valence-electron chi connectivity index (χ1n) is 7.45. The maximum absolute atomic E-state index is 12.1. The molecule has 0 aliphatic rings. The summed E-state index contributed by atoms with van der Waals surface area (Å²) in [5.41, 5.74) is 2.14. The zero-order chi connectivity index (χ0) is 16.2. The highest BCUT2D eigenvalue weighted by Gasteiger charge is 2.08. The van der Waals surface area contributed by atoms with Crippen molar-refractivity contribution in [2.24, 2.45) is 0 Å². The predicted molar refractivity (Wildman–Crippen MR) is 88.3 cm³/mol. The fourth-order valence-electron chi connectivity index (χ4n) is 2.41. The second-order valence-electron chi connectivity index (χ2n) is 5.15. The van der Waals surface area contributed by atoms with Crippen LogP contribution in [0.4, 0.5) is 0 Å². The van der Waals surface area contributed by atoms with Gasteiger partial charge in [0, 0.05) is 11.6 Å². The van der Waals surface area contributed by atoms with E-state index in [0.29, 0.717) is 23.3 Å². The van der Waals surface area contributed by atoms with Gasteiger partial charge < -0.3 is 9.15 Å². The largest absolute Gasteiger partial charge is 0.466 e. The van der Waals surface area contributed by atoms with Gasteiger partial charge in [0.1, 0.15) is 11.3 Å². The van der Waals surface area contributed by atoms with E-state index in [1.165, 1.54) is 6.07 Å². The Morgan fingerprint density at radius 2 is 1.83 bits per heavy atom. The molecule has 0 N–H and O–H groups in total. The third-order valence-electron chi connectivity index (χ3n) is 3.53. The van der Waals surface area contributed by atoms with Crippen molar-refractivity contribution >= 4 is 16.9 Å². The van der Waals surface area contributed by atoms with Crippen LogP contribution in [0.1, 0.15) is 12.5 Å². The van der Waals surface area contributed by atoms with Crippen molar-refractivity contribution in [3.05, 3.63) is 70.4 Å². The molecule has 0 aliphatic heterocycles. The Morgan fingerprint density at radius 3 is 2.57 bits per heavy atom. The summed E-state index contributed by atoms with van der Waals surface area (Å²) in [6.45, 7) is 2.15. The zero-order valence-electron chi connectivity index (χ0n) is 12.7. The highest BCUT2D eigenvalue weighted by Crippen LogP contribution is 2.22. The first kappa shape index (κ1) is 15.0. The number of benzene rings is 2. The van der Waals surface area contributed by atoms with E-state index in [4.69, 9.17) is 9.15 Å². The van der Waals surface area contributed by atoms with Crippen molar-refractivity contribution in [1.82, 2.24) is 0 Å². The van der Waals surface area contributed by atoms with Crippen LogP contribution in [0.3, 0.4) is 0 Å². The maximum Gasteiger partial charge on any atom is 0.310 e. The minimum atomic E-state index is -0.252. The van der Waals surface area contributed by atoms with Crippen molar-refractivity contribution in [2.45, 2.75) is 13.3 Å². The number of hydrogen-bond acceptors (Lipinski definition) is 4. The van der Waals surface area contributed by atoms with E-state index in [0.717, 1.165) is 11.1 Å².